The van der Waals surface area contributed by atoms with E-state index in [9.17, 15) is 5.26 Å². The number of nitrogens with zero attached hydrogens (tertiary/aromatic N) is 1. The lowest BCUT2D eigenvalue weighted by Crippen LogP contribution is -2.32. The summed E-state index contributed by atoms with van der Waals surface area (Å²) < 4.78 is 0. The van der Waals surface area contributed by atoms with E-state index in [0.29, 0.717) is 6.42 Å². The molecule has 0 unspecified atom stereocenters. The average molecular weight is 326 g/mol. The van der Waals surface area contributed by atoms with E-state index in [4.69, 9.17) is 0 Å². The molecule has 0 saturated heterocycles. The maximum atomic E-state index is 10.1. The van der Waals surface area contributed by atoms with Crippen LogP contribution in [0.2, 0.25) is 0 Å². The fourth-order valence-electron chi connectivity index (χ4n) is 3.18. The van der Waals surface area contributed by atoms with Crippen molar-refractivity contribution in [2.24, 2.45) is 5.41 Å². The van der Waals surface area contributed by atoms with Crippen LogP contribution in [0.25, 0.3) is 0 Å². The molecule has 0 aliphatic rings. The van der Waals surface area contributed by atoms with E-state index in [-0.39, 0.29) is 6.04 Å². The quantitative estimate of drug-likeness (QED) is 0.639. The Bertz CT molecular complexity index is 822. The zero-order chi connectivity index (χ0) is 17.5. The van der Waals surface area contributed by atoms with Crippen molar-refractivity contribution in [3.05, 3.63) is 102 Å². The van der Waals surface area contributed by atoms with Crippen LogP contribution in [0.15, 0.2) is 91.0 Å². The summed E-state index contributed by atoms with van der Waals surface area (Å²) in [4.78, 5) is 0. The summed E-state index contributed by atoms with van der Waals surface area (Å²) in [6.45, 7) is 2.04. The van der Waals surface area contributed by atoms with Crippen molar-refractivity contribution in [2.75, 3.05) is 5.32 Å². The first-order chi connectivity index (χ1) is 12.2. The highest BCUT2D eigenvalue weighted by Crippen LogP contribution is 2.39. The van der Waals surface area contributed by atoms with Gasteiger partial charge in [0.1, 0.15) is 0 Å². The predicted octanol–water partition coefficient (Wildman–Crippen LogP) is 5.61. The first-order valence-corrected chi connectivity index (χ1v) is 8.53. The molecule has 0 aliphatic heterocycles. The lowest BCUT2D eigenvalue weighted by Gasteiger charge is -2.34. The molecule has 0 spiro atoms. The van der Waals surface area contributed by atoms with Gasteiger partial charge in [0.2, 0.25) is 0 Å². The van der Waals surface area contributed by atoms with Crippen molar-refractivity contribution in [3.8, 4) is 6.07 Å². The molecule has 3 aromatic rings. The normalized spacial score (nSPS) is 14.1. The first-order valence-electron chi connectivity index (χ1n) is 8.53. The molecule has 0 fully saturated rings. The SMILES string of the molecule is C[C@](C#N)(Cc1ccccc1)[C@@H](Nc1ccccc1)c1ccccc1. The number of nitrogens with one attached hydrogen (secondary N) is 1. The molecule has 2 atom stereocenters. The molecular formula is C23H22N2. The van der Waals surface area contributed by atoms with Crippen molar-refractivity contribution in [1.82, 2.24) is 0 Å². The molecule has 2 heteroatoms. The number of benzene rings is 3. The highest BCUT2D eigenvalue weighted by molar-refractivity contribution is 5.47. The summed E-state index contributed by atoms with van der Waals surface area (Å²) in [5, 5.41) is 13.7. The highest BCUT2D eigenvalue weighted by atomic mass is 14.9. The molecule has 1 N–H and O–H groups in total. The van der Waals surface area contributed by atoms with Crippen LogP contribution in [-0.2, 0) is 6.42 Å². The number of hydrogen-bond acceptors (Lipinski definition) is 2. The van der Waals surface area contributed by atoms with Gasteiger partial charge in [-0.1, -0.05) is 78.9 Å². The molecule has 3 aromatic carbocycles. The van der Waals surface area contributed by atoms with Crippen molar-refractivity contribution in [2.45, 2.75) is 19.4 Å². The van der Waals surface area contributed by atoms with E-state index >= 15 is 0 Å². The Hall–Kier alpha value is -3.05. The Morgan fingerprint density at radius 2 is 1.36 bits per heavy atom. The van der Waals surface area contributed by atoms with E-state index in [1.807, 2.05) is 73.7 Å². The minimum Gasteiger partial charge on any atom is -0.377 e. The van der Waals surface area contributed by atoms with Crippen LogP contribution in [0.1, 0.15) is 24.1 Å². The summed E-state index contributed by atoms with van der Waals surface area (Å²) in [6, 6.07) is 33.0. The standard InChI is InChI=1S/C23H22N2/c1-23(18-24,17-19-11-5-2-6-12-19)22(20-13-7-3-8-14-20)25-21-15-9-4-10-16-21/h2-16,22,25H,17H2,1H3/t22-,23+/m0/s1. The third-order valence-electron chi connectivity index (χ3n) is 4.52. The van der Waals surface area contributed by atoms with Crippen molar-refractivity contribution in [1.29, 1.82) is 5.26 Å². The number of anilines is 1. The Kier molecular flexibility index (Phi) is 5.16. The molecule has 0 saturated carbocycles. The maximum Gasteiger partial charge on any atom is 0.0828 e. The summed E-state index contributed by atoms with van der Waals surface area (Å²) in [5.74, 6) is 0. The summed E-state index contributed by atoms with van der Waals surface area (Å²) in [7, 11) is 0. The fourth-order valence-corrected chi connectivity index (χ4v) is 3.18. The van der Waals surface area contributed by atoms with Crippen molar-refractivity contribution < 1.29 is 0 Å². The Balaban J connectivity index is 1.98. The smallest absolute Gasteiger partial charge is 0.0828 e. The summed E-state index contributed by atoms with van der Waals surface area (Å²) in [6.07, 6.45) is 0.684. The molecule has 0 radical (unpaired) electrons. The van der Waals surface area contributed by atoms with Crippen LogP contribution >= 0.6 is 0 Å². The second kappa shape index (κ2) is 7.68. The van der Waals surface area contributed by atoms with Gasteiger partial charge in [0, 0.05) is 5.69 Å². The van der Waals surface area contributed by atoms with E-state index in [1.165, 1.54) is 5.56 Å². The lowest BCUT2D eigenvalue weighted by atomic mass is 9.75. The lowest BCUT2D eigenvalue weighted by molar-refractivity contribution is 0.372. The minimum absolute atomic E-state index is 0.110. The van der Waals surface area contributed by atoms with Gasteiger partial charge >= 0.3 is 0 Å². The third-order valence-corrected chi connectivity index (χ3v) is 4.52. The first kappa shape index (κ1) is 16.8. The van der Waals surface area contributed by atoms with Crippen LogP contribution in [-0.4, -0.2) is 0 Å². The molecular weight excluding hydrogens is 304 g/mol. The number of hydrogen-bond donors (Lipinski definition) is 1. The number of rotatable bonds is 6. The second-order valence-corrected chi connectivity index (χ2v) is 6.55. The largest absolute Gasteiger partial charge is 0.377 e. The van der Waals surface area contributed by atoms with Crippen LogP contribution in [0.5, 0.6) is 0 Å². The number of nitriles is 1. The third kappa shape index (κ3) is 4.08. The fraction of sp³-hybridized carbons (Fsp3) is 0.174. The van der Waals surface area contributed by atoms with Gasteiger partial charge in [0.25, 0.3) is 0 Å². The second-order valence-electron chi connectivity index (χ2n) is 6.55. The van der Waals surface area contributed by atoms with Crippen LogP contribution in [0, 0.1) is 16.7 Å². The molecule has 0 aromatic heterocycles. The minimum atomic E-state index is -0.585. The molecule has 2 nitrogen and oxygen atoms in total. The van der Waals surface area contributed by atoms with E-state index in [2.05, 4.69) is 35.7 Å². The van der Waals surface area contributed by atoms with Gasteiger partial charge in [0.05, 0.1) is 17.5 Å². The maximum absolute atomic E-state index is 10.1. The van der Waals surface area contributed by atoms with Crippen molar-refractivity contribution >= 4 is 5.69 Å². The Morgan fingerprint density at radius 3 is 1.92 bits per heavy atom. The van der Waals surface area contributed by atoms with Crippen LogP contribution in [0.4, 0.5) is 5.69 Å². The predicted molar refractivity (Wildman–Crippen MR) is 103 cm³/mol. The van der Waals surface area contributed by atoms with Crippen LogP contribution < -0.4 is 5.32 Å². The topological polar surface area (TPSA) is 35.8 Å². The van der Waals surface area contributed by atoms with Crippen LogP contribution in [0.3, 0.4) is 0 Å². The average Bonchev–Trinajstić information content (AvgIpc) is 2.68. The zero-order valence-corrected chi connectivity index (χ0v) is 14.4. The van der Waals surface area contributed by atoms with E-state index in [1.54, 1.807) is 0 Å². The molecule has 0 aliphatic carbocycles. The Labute approximate surface area is 149 Å². The Morgan fingerprint density at radius 1 is 0.840 bits per heavy atom. The van der Waals surface area contributed by atoms with Gasteiger partial charge in [-0.15, -0.1) is 0 Å². The van der Waals surface area contributed by atoms with Gasteiger partial charge in [-0.05, 0) is 36.6 Å². The van der Waals surface area contributed by atoms with E-state index in [0.717, 1.165) is 11.3 Å². The summed E-state index contributed by atoms with van der Waals surface area (Å²) >= 11 is 0. The molecule has 3 rings (SSSR count). The molecule has 25 heavy (non-hydrogen) atoms. The molecule has 0 amide bonds. The summed E-state index contributed by atoms with van der Waals surface area (Å²) in [5.41, 5.74) is 2.72. The zero-order valence-electron chi connectivity index (χ0n) is 14.4. The van der Waals surface area contributed by atoms with Gasteiger partial charge in [0.15, 0.2) is 0 Å². The van der Waals surface area contributed by atoms with Gasteiger partial charge < -0.3 is 5.32 Å². The molecule has 0 bridgehead atoms. The molecule has 124 valence electrons. The van der Waals surface area contributed by atoms with E-state index < -0.39 is 5.41 Å². The number of para-hydroxylation sites is 1. The van der Waals surface area contributed by atoms with Gasteiger partial charge in [-0.2, -0.15) is 5.26 Å². The highest BCUT2D eigenvalue weighted by Gasteiger charge is 2.36. The van der Waals surface area contributed by atoms with Gasteiger partial charge in [-0.3, -0.25) is 0 Å². The van der Waals surface area contributed by atoms with Crippen molar-refractivity contribution in [3.63, 3.8) is 0 Å². The molecule has 0 heterocycles. The van der Waals surface area contributed by atoms with Gasteiger partial charge in [-0.25, -0.2) is 0 Å². The monoisotopic (exact) mass is 326 g/mol.